The van der Waals surface area contributed by atoms with E-state index >= 15 is 0 Å². The molecule has 110 valence electrons. The van der Waals surface area contributed by atoms with Gasteiger partial charge in [-0.2, -0.15) is 0 Å². The van der Waals surface area contributed by atoms with E-state index in [0.717, 1.165) is 19.3 Å². The van der Waals surface area contributed by atoms with Crippen LogP contribution in [0.1, 0.15) is 36.5 Å². The third-order valence-electron chi connectivity index (χ3n) is 3.83. The van der Waals surface area contributed by atoms with E-state index < -0.39 is 10.0 Å². The van der Waals surface area contributed by atoms with Gasteiger partial charge in [0, 0.05) is 12.1 Å². The van der Waals surface area contributed by atoms with Gasteiger partial charge in [0.25, 0.3) is 5.91 Å². The van der Waals surface area contributed by atoms with Crippen LogP contribution in [0.15, 0.2) is 23.1 Å². The lowest BCUT2D eigenvalue weighted by Gasteiger charge is -2.13. The molecule has 0 spiro atoms. The number of rotatable bonds is 5. The summed E-state index contributed by atoms with van der Waals surface area (Å²) < 4.78 is 22.7. The molecule has 0 radical (unpaired) electrons. The Hall–Kier alpha value is -1.11. The number of hydrogen-bond donors (Lipinski definition) is 2. The highest BCUT2D eigenvalue weighted by molar-refractivity contribution is 7.89. The molecule has 1 saturated carbocycles. The van der Waals surface area contributed by atoms with Crippen LogP contribution in [-0.2, 0) is 10.0 Å². The number of amides is 1. The fourth-order valence-electron chi connectivity index (χ4n) is 2.06. The lowest BCUT2D eigenvalue weighted by molar-refractivity contribution is 0.0944. The monoisotopic (exact) mass is 316 g/mol. The molecule has 0 aromatic heterocycles. The highest BCUT2D eigenvalue weighted by Crippen LogP contribution is 2.47. The molecule has 0 heterocycles. The molecule has 5 nitrogen and oxygen atoms in total. The molecule has 2 rings (SSSR count). The molecule has 3 N–H and O–H groups in total. The van der Waals surface area contributed by atoms with Gasteiger partial charge >= 0.3 is 0 Å². The van der Waals surface area contributed by atoms with E-state index in [4.69, 9.17) is 16.7 Å². The number of halogens is 1. The maximum absolute atomic E-state index is 12.0. The third kappa shape index (κ3) is 3.31. The Kier molecular flexibility index (Phi) is 4.09. The molecule has 1 fully saturated rings. The number of nitrogens with one attached hydrogen (secondary N) is 1. The number of primary sulfonamides is 1. The fraction of sp³-hybridized carbons (Fsp3) is 0.462. The quantitative estimate of drug-likeness (QED) is 0.869. The summed E-state index contributed by atoms with van der Waals surface area (Å²) >= 11 is 5.78. The van der Waals surface area contributed by atoms with E-state index in [0.29, 0.717) is 6.54 Å². The summed E-state index contributed by atoms with van der Waals surface area (Å²) in [5, 5.41) is 7.90. The Labute approximate surface area is 123 Å². The molecule has 0 atom stereocenters. The summed E-state index contributed by atoms with van der Waals surface area (Å²) in [4.78, 5) is 11.8. The Balaban J connectivity index is 2.15. The minimum atomic E-state index is -3.94. The van der Waals surface area contributed by atoms with Gasteiger partial charge in [0.1, 0.15) is 4.90 Å². The van der Waals surface area contributed by atoms with Crippen LogP contribution in [0.3, 0.4) is 0 Å². The summed E-state index contributed by atoms with van der Waals surface area (Å²) in [7, 11) is -3.94. The first-order valence-electron chi connectivity index (χ1n) is 6.38. The Morgan fingerprint density at radius 1 is 1.45 bits per heavy atom. The summed E-state index contributed by atoms with van der Waals surface area (Å²) in [5.41, 5.74) is 0.468. The molecule has 1 aliphatic rings. The van der Waals surface area contributed by atoms with Crippen LogP contribution in [0.2, 0.25) is 5.02 Å². The van der Waals surface area contributed by atoms with Crippen LogP contribution in [0.25, 0.3) is 0 Å². The van der Waals surface area contributed by atoms with Crippen molar-refractivity contribution in [1.82, 2.24) is 5.32 Å². The van der Waals surface area contributed by atoms with Crippen molar-refractivity contribution in [2.24, 2.45) is 10.6 Å². The van der Waals surface area contributed by atoms with Gasteiger partial charge < -0.3 is 5.32 Å². The van der Waals surface area contributed by atoms with Crippen molar-refractivity contribution < 1.29 is 13.2 Å². The Bertz CT molecular complexity index is 639. The SMILES string of the molecule is CCC1(CNC(=O)c2ccc(Cl)c(S(N)(=O)=O)c2)CC1. The average Bonchev–Trinajstić information content (AvgIpc) is 3.16. The molecule has 20 heavy (non-hydrogen) atoms. The van der Waals surface area contributed by atoms with Gasteiger partial charge in [-0.05, 0) is 42.9 Å². The molecule has 1 aromatic carbocycles. The molecule has 1 aromatic rings. The lowest BCUT2D eigenvalue weighted by Crippen LogP contribution is -2.30. The van der Waals surface area contributed by atoms with Crippen LogP contribution in [0.4, 0.5) is 0 Å². The minimum Gasteiger partial charge on any atom is -0.351 e. The van der Waals surface area contributed by atoms with Crippen LogP contribution in [0, 0.1) is 5.41 Å². The molecule has 1 aliphatic carbocycles. The number of sulfonamides is 1. The van der Waals surface area contributed by atoms with Crippen molar-refractivity contribution in [3.8, 4) is 0 Å². The lowest BCUT2D eigenvalue weighted by atomic mass is 10.0. The number of hydrogen-bond acceptors (Lipinski definition) is 3. The van der Waals surface area contributed by atoms with Crippen LogP contribution < -0.4 is 10.5 Å². The van der Waals surface area contributed by atoms with E-state index in [1.165, 1.54) is 18.2 Å². The van der Waals surface area contributed by atoms with Crippen molar-refractivity contribution in [1.29, 1.82) is 0 Å². The average molecular weight is 317 g/mol. The van der Waals surface area contributed by atoms with Gasteiger partial charge in [0.2, 0.25) is 10.0 Å². The zero-order valence-corrected chi connectivity index (χ0v) is 12.7. The fourth-order valence-corrected chi connectivity index (χ4v) is 3.14. The molecule has 0 bridgehead atoms. The topological polar surface area (TPSA) is 89.3 Å². The minimum absolute atomic E-state index is 0.0104. The zero-order chi connectivity index (χ0) is 15.0. The van der Waals surface area contributed by atoms with Gasteiger partial charge in [-0.15, -0.1) is 0 Å². The number of carbonyl (C=O) groups is 1. The third-order valence-corrected chi connectivity index (χ3v) is 5.22. The van der Waals surface area contributed by atoms with Gasteiger partial charge in [0.05, 0.1) is 5.02 Å². The molecule has 0 unspecified atom stereocenters. The predicted molar refractivity (Wildman–Crippen MR) is 77.1 cm³/mol. The van der Waals surface area contributed by atoms with Crippen molar-refractivity contribution in [2.75, 3.05) is 6.54 Å². The second-order valence-corrected chi connectivity index (χ2v) is 7.16. The zero-order valence-electron chi connectivity index (χ0n) is 11.1. The normalized spacial score (nSPS) is 16.8. The van der Waals surface area contributed by atoms with E-state index in [-0.39, 0.29) is 26.8 Å². The van der Waals surface area contributed by atoms with Crippen molar-refractivity contribution >= 4 is 27.5 Å². The van der Waals surface area contributed by atoms with Gasteiger partial charge in [-0.3, -0.25) is 4.79 Å². The largest absolute Gasteiger partial charge is 0.351 e. The molecule has 1 amide bonds. The number of carbonyl (C=O) groups excluding carboxylic acids is 1. The van der Waals surface area contributed by atoms with Crippen molar-refractivity contribution in [3.63, 3.8) is 0 Å². The van der Waals surface area contributed by atoms with Crippen LogP contribution in [-0.4, -0.2) is 20.9 Å². The summed E-state index contributed by atoms with van der Waals surface area (Å²) in [6, 6.07) is 4.05. The van der Waals surface area contributed by atoms with Crippen LogP contribution in [0.5, 0.6) is 0 Å². The number of nitrogens with two attached hydrogens (primary N) is 1. The van der Waals surface area contributed by atoms with E-state index in [9.17, 15) is 13.2 Å². The standard InChI is InChI=1S/C13H17ClN2O3S/c1-2-13(5-6-13)8-16-12(17)9-3-4-10(14)11(7-9)20(15,18)19/h3-4,7H,2,5-6,8H2,1H3,(H,16,17)(H2,15,18,19). The second-order valence-electron chi connectivity index (χ2n) is 5.23. The first-order chi connectivity index (χ1) is 9.27. The highest BCUT2D eigenvalue weighted by atomic mass is 35.5. The van der Waals surface area contributed by atoms with Crippen LogP contribution >= 0.6 is 11.6 Å². The smallest absolute Gasteiger partial charge is 0.251 e. The molecular formula is C13H17ClN2O3S. The predicted octanol–water partition coefficient (Wildman–Crippen LogP) is 1.91. The van der Waals surface area contributed by atoms with E-state index in [2.05, 4.69) is 12.2 Å². The Morgan fingerprint density at radius 2 is 2.10 bits per heavy atom. The molecular weight excluding hydrogens is 300 g/mol. The summed E-state index contributed by atoms with van der Waals surface area (Å²) in [5.74, 6) is -0.314. The maximum Gasteiger partial charge on any atom is 0.251 e. The van der Waals surface area contributed by atoms with Crippen molar-refractivity contribution in [2.45, 2.75) is 31.1 Å². The summed E-state index contributed by atoms with van der Waals surface area (Å²) in [6.07, 6.45) is 3.26. The first-order valence-corrected chi connectivity index (χ1v) is 8.30. The number of benzene rings is 1. The molecule has 7 heteroatoms. The highest BCUT2D eigenvalue weighted by Gasteiger charge is 2.40. The van der Waals surface area contributed by atoms with E-state index in [1.54, 1.807) is 0 Å². The molecule has 0 aliphatic heterocycles. The first kappa shape index (κ1) is 15.3. The second kappa shape index (κ2) is 5.35. The van der Waals surface area contributed by atoms with E-state index in [1.807, 2.05) is 0 Å². The van der Waals surface area contributed by atoms with Gasteiger partial charge in [-0.1, -0.05) is 18.5 Å². The summed E-state index contributed by atoms with van der Waals surface area (Å²) in [6.45, 7) is 2.70. The maximum atomic E-state index is 12.0. The Morgan fingerprint density at radius 3 is 2.60 bits per heavy atom. The van der Waals surface area contributed by atoms with Crippen molar-refractivity contribution in [3.05, 3.63) is 28.8 Å². The van der Waals surface area contributed by atoms with Gasteiger partial charge in [-0.25, -0.2) is 13.6 Å². The van der Waals surface area contributed by atoms with Gasteiger partial charge in [0.15, 0.2) is 0 Å². The molecule has 0 saturated heterocycles.